The van der Waals surface area contributed by atoms with Gasteiger partial charge in [-0.1, -0.05) is 49.9 Å². The lowest BCUT2D eigenvalue weighted by molar-refractivity contribution is 0.0122. The molecule has 52 heavy (non-hydrogen) atoms. The first-order valence-electron chi connectivity index (χ1n) is 18.4. The van der Waals surface area contributed by atoms with Gasteiger partial charge in [-0.05, 0) is 96.5 Å². The monoisotopic (exact) mass is 710 g/mol. The Morgan fingerprint density at radius 3 is 2.37 bits per heavy atom. The van der Waals surface area contributed by atoms with Crippen LogP contribution in [0.15, 0.2) is 54.7 Å². The Bertz CT molecular complexity index is 1910. The standard InChI is InChI=1S/C40H47FN6O4.CH4/c1-26-11-8-14-31(49-24-27-12-6-5-7-13-27)32(26)35-33(41)34-30(21-42-35)36(44-37(43-34)50-25-40-17-9-19-46(40)20-10-18-40)45-22-28-15-16-29(23-45)47(28)38(48)51-39(2,3)4;/h5-8,11-14,21,28-29H,9-10,15-20,22-25H2,1-4H3;1H4. The van der Waals surface area contributed by atoms with E-state index in [1.165, 1.54) is 0 Å². The van der Waals surface area contributed by atoms with Crippen LogP contribution in [0, 0.1) is 12.7 Å². The molecular formula is C41H51FN6O4. The van der Waals surface area contributed by atoms with Crippen LogP contribution in [0.25, 0.3) is 22.2 Å². The molecule has 10 nitrogen and oxygen atoms in total. The van der Waals surface area contributed by atoms with Gasteiger partial charge in [0.25, 0.3) is 0 Å². The van der Waals surface area contributed by atoms with Gasteiger partial charge in [0.15, 0.2) is 5.82 Å². The average molecular weight is 711 g/mol. The molecule has 4 fully saturated rings. The summed E-state index contributed by atoms with van der Waals surface area (Å²) in [6.07, 6.45) is 7.55. The zero-order valence-corrected chi connectivity index (χ0v) is 30.0. The molecule has 6 heterocycles. The van der Waals surface area contributed by atoms with Gasteiger partial charge < -0.3 is 19.1 Å². The first-order chi connectivity index (χ1) is 24.6. The lowest BCUT2D eigenvalue weighted by Crippen LogP contribution is -2.57. The van der Waals surface area contributed by atoms with Crippen LogP contribution < -0.4 is 14.4 Å². The lowest BCUT2D eigenvalue weighted by atomic mass is 9.95. The largest absolute Gasteiger partial charge is 0.488 e. The zero-order valence-electron chi connectivity index (χ0n) is 30.0. The van der Waals surface area contributed by atoms with E-state index in [-0.39, 0.29) is 48.4 Å². The van der Waals surface area contributed by atoms with Crippen LogP contribution >= 0.6 is 0 Å². The number of ether oxygens (including phenoxy) is 3. The molecule has 0 aliphatic carbocycles. The average Bonchev–Trinajstić information content (AvgIpc) is 3.77. The van der Waals surface area contributed by atoms with E-state index in [9.17, 15) is 4.79 Å². The maximum absolute atomic E-state index is 17.1. The molecule has 0 radical (unpaired) electrons. The van der Waals surface area contributed by atoms with E-state index in [1.54, 1.807) is 6.20 Å². The fraction of sp³-hybridized carbons (Fsp3) is 0.512. The fourth-order valence-electron chi connectivity index (χ4n) is 8.65. The Hall–Kier alpha value is -4.51. The second-order valence-corrected chi connectivity index (χ2v) is 15.6. The van der Waals surface area contributed by atoms with Crippen molar-refractivity contribution in [3.8, 4) is 23.0 Å². The van der Waals surface area contributed by atoms with Gasteiger partial charge in [-0.3, -0.25) is 14.8 Å². The molecule has 1 amide bonds. The van der Waals surface area contributed by atoms with E-state index in [0.29, 0.717) is 48.8 Å². The predicted octanol–water partition coefficient (Wildman–Crippen LogP) is 7.95. The molecule has 2 bridgehead atoms. The summed E-state index contributed by atoms with van der Waals surface area (Å²) < 4.78 is 35.6. The van der Waals surface area contributed by atoms with E-state index < -0.39 is 11.4 Å². The maximum Gasteiger partial charge on any atom is 0.410 e. The number of aryl methyl sites for hydroxylation is 1. The van der Waals surface area contributed by atoms with Crippen molar-refractivity contribution in [1.82, 2.24) is 24.8 Å². The van der Waals surface area contributed by atoms with Gasteiger partial charge in [0, 0.05) is 24.8 Å². The number of anilines is 1. The number of aromatic nitrogens is 3. The first kappa shape index (κ1) is 35.9. The minimum atomic E-state index is -0.582. The SMILES string of the molecule is C.Cc1cccc(OCc2ccccc2)c1-c1ncc2c(N3CC4CCC(C3)N4C(=O)OC(C)(C)C)nc(OCC34CCCN3CCC4)nc2c1F. The number of amides is 1. The van der Waals surface area contributed by atoms with Crippen LogP contribution in [0.4, 0.5) is 15.0 Å². The molecule has 2 aromatic carbocycles. The minimum Gasteiger partial charge on any atom is -0.488 e. The number of fused-ring (bicyclic) bond motifs is 4. The lowest BCUT2D eigenvalue weighted by Gasteiger charge is -2.42. The van der Waals surface area contributed by atoms with Crippen LogP contribution in [0.3, 0.4) is 0 Å². The summed E-state index contributed by atoms with van der Waals surface area (Å²) in [6, 6.07) is 15.7. The molecule has 0 saturated carbocycles. The second kappa shape index (κ2) is 14.1. The zero-order chi connectivity index (χ0) is 35.3. The molecule has 2 aromatic heterocycles. The van der Waals surface area contributed by atoms with Crippen LogP contribution in [0.2, 0.25) is 0 Å². The van der Waals surface area contributed by atoms with Crippen molar-refractivity contribution in [2.45, 2.75) is 103 Å². The number of carbonyl (C=O) groups excluding carboxylic acids is 1. The predicted molar refractivity (Wildman–Crippen MR) is 200 cm³/mol. The van der Waals surface area contributed by atoms with Crippen LogP contribution in [-0.4, -0.2) is 86.9 Å². The number of piperazine rings is 1. The molecular weight excluding hydrogens is 659 g/mol. The van der Waals surface area contributed by atoms with Crippen LogP contribution in [0.1, 0.15) is 77.8 Å². The number of hydrogen-bond donors (Lipinski definition) is 0. The van der Waals surface area contributed by atoms with E-state index in [2.05, 4.69) is 9.80 Å². The molecule has 0 spiro atoms. The van der Waals surface area contributed by atoms with Crippen molar-refractivity contribution >= 4 is 22.8 Å². The van der Waals surface area contributed by atoms with Gasteiger partial charge in [0.1, 0.15) is 41.6 Å². The summed E-state index contributed by atoms with van der Waals surface area (Å²) in [5, 5.41) is 0.510. The molecule has 0 N–H and O–H groups in total. The summed E-state index contributed by atoms with van der Waals surface area (Å²) in [5.74, 6) is 0.579. The van der Waals surface area contributed by atoms with Crippen molar-refractivity contribution in [3.05, 3.63) is 71.7 Å². The highest BCUT2D eigenvalue weighted by Crippen LogP contribution is 2.42. The normalized spacial score (nSPS) is 20.9. The highest BCUT2D eigenvalue weighted by Gasteiger charge is 2.46. The molecule has 4 aliphatic heterocycles. The number of hydrogen-bond acceptors (Lipinski definition) is 9. The third-order valence-electron chi connectivity index (χ3n) is 11.0. The Balaban J connectivity index is 0.00000420. The fourth-order valence-corrected chi connectivity index (χ4v) is 8.65. The maximum atomic E-state index is 17.1. The Labute approximate surface area is 306 Å². The number of nitrogens with zero attached hydrogens (tertiary/aromatic N) is 6. The highest BCUT2D eigenvalue weighted by molar-refractivity contribution is 5.93. The minimum absolute atomic E-state index is 0. The number of benzene rings is 2. The summed E-state index contributed by atoms with van der Waals surface area (Å²) in [6.45, 7) is 11.6. The van der Waals surface area contributed by atoms with E-state index >= 15 is 4.39 Å². The first-order valence-corrected chi connectivity index (χ1v) is 18.4. The quantitative estimate of drug-likeness (QED) is 0.181. The number of rotatable bonds is 8. The van der Waals surface area contributed by atoms with Gasteiger partial charge in [-0.15, -0.1) is 0 Å². The van der Waals surface area contributed by atoms with Gasteiger partial charge in [-0.2, -0.15) is 9.97 Å². The highest BCUT2D eigenvalue weighted by atomic mass is 19.1. The third-order valence-corrected chi connectivity index (χ3v) is 11.0. The van der Waals surface area contributed by atoms with Gasteiger partial charge >= 0.3 is 12.1 Å². The topological polar surface area (TPSA) is 93.2 Å². The van der Waals surface area contributed by atoms with Gasteiger partial charge in [0.05, 0.1) is 23.0 Å². The summed E-state index contributed by atoms with van der Waals surface area (Å²) >= 11 is 0. The third kappa shape index (κ3) is 6.75. The molecule has 2 atom stereocenters. The van der Waals surface area contributed by atoms with Crippen molar-refractivity contribution in [2.24, 2.45) is 0 Å². The van der Waals surface area contributed by atoms with Crippen molar-refractivity contribution in [3.63, 3.8) is 0 Å². The molecule has 4 aromatic rings. The van der Waals surface area contributed by atoms with Crippen molar-refractivity contribution in [1.29, 1.82) is 0 Å². The number of halogens is 1. The van der Waals surface area contributed by atoms with Crippen molar-refractivity contribution in [2.75, 3.05) is 37.7 Å². The molecule has 8 rings (SSSR count). The van der Waals surface area contributed by atoms with Gasteiger partial charge in [-0.25, -0.2) is 9.18 Å². The summed E-state index contributed by atoms with van der Waals surface area (Å²) in [7, 11) is 0. The van der Waals surface area contributed by atoms with Crippen LogP contribution in [0.5, 0.6) is 11.8 Å². The Kier molecular flexibility index (Phi) is 9.75. The van der Waals surface area contributed by atoms with E-state index in [0.717, 1.165) is 62.7 Å². The summed E-state index contributed by atoms with van der Waals surface area (Å²) in [4.78, 5) is 34.3. The van der Waals surface area contributed by atoms with Crippen LogP contribution in [-0.2, 0) is 11.3 Å². The number of carbonyl (C=O) groups is 1. The van der Waals surface area contributed by atoms with E-state index in [1.807, 2.05) is 81.1 Å². The Morgan fingerprint density at radius 2 is 1.67 bits per heavy atom. The molecule has 276 valence electrons. The van der Waals surface area contributed by atoms with E-state index in [4.69, 9.17) is 29.2 Å². The molecule has 11 heteroatoms. The summed E-state index contributed by atoms with van der Waals surface area (Å²) in [5.41, 5.74) is 2.17. The Morgan fingerprint density at radius 1 is 0.962 bits per heavy atom. The molecule has 4 saturated heterocycles. The second-order valence-electron chi connectivity index (χ2n) is 15.6. The molecule has 2 unspecified atom stereocenters. The van der Waals surface area contributed by atoms with Gasteiger partial charge in [0.2, 0.25) is 0 Å². The smallest absolute Gasteiger partial charge is 0.410 e. The molecule has 4 aliphatic rings. The number of pyridine rings is 1. The van der Waals surface area contributed by atoms with Crippen molar-refractivity contribution < 1.29 is 23.4 Å².